The van der Waals surface area contributed by atoms with Crippen molar-refractivity contribution in [3.63, 3.8) is 0 Å². The zero-order valence-electron chi connectivity index (χ0n) is 36.6. The molecule has 0 aliphatic carbocycles. The van der Waals surface area contributed by atoms with Gasteiger partial charge in [-0.1, -0.05) is 132 Å². The highest BCUT2D eigenvalue weighted by Crippen LogP contribution is 2.23. The van der Waals surface area contributed by atoms with Gasteiger partial charge in [-0.05, 0) is 107 Å². The van der Waals surface area contributed by atoms with Gasteiger partial charge in [0.2, 0.25) is 0 Å². The maximum atomic E-state index is 12.5. The van der Waals surface area contributed by atoms with E-state index in [0.717, 1.165) is 103 Å². The number of ether oxygens (including phenoxy) is 3. The van der Waals surface area contributed by atoms with Gasteiger partial charge in [-0.25, -0.2) is 0 Å². The van der Waals surface area contributed by atoms with Crippen molar-refractivity contribution in [3.8, 4) is 0 Å². The van der Waals surface area contributed by atoms with E-state index in [0.29, 0.717) is 68.0 Å². The topological polar surface area (TPSA) is 90.9 Å². The first-order valence-corrected chi connectivity index (χ1v) is 22.5. The van der Waals surface area contributed by atoms with Crippen LogP contribution < -0.4 is 5.32 Å². The van der Waals surface area contributed by atoms with Crippen molar-refractivity contribution < 1.29 is 28.6 Å². The molecule has 0 heterocycles. The molecule has 7 nitrogen and oxygen atoms in total. The van der Waals surface area contributed by atoms with Gasteiger partial charge in [0.05, 0.1) is 13.2 Å². The van der Waals surface area contributed by atoms with Gasteiger partial charge in [0.25, 0.3) is 0 Å². The van der Waals surface area contributed by atoms with Gasteiger partial charge in [0.15, 0.2) is 0 Å². The van der Waals surface area contributed by atoms with Crippen molar-refractivity contribution >= 4 is 17.9 Å². The minimum Gasteiger partial charge on any atom is -0.465 e. The van der Waals surface area contributed by atoms with Gasteiger partial charge >= 0.3 is 17.9 Å². The molecule has 0 saturated carbocycles. The molecule has 1 N–H and O–H groups in total. The number of nitrogens with one attached hydrogen (secondary N) is 1. The van der Waals surface area contributed by atoms with Crippen molar-refractivity contribution in [3.05, 3.63) is 0 Å². The zero-order chi connectivity index (χ0) is 39.7. The number of carbonyl (C=O) groups excluding carboxylic acids is 3. The van der Waals surface area contributed by atoms with Crippen LogP contribution in [0.2, 0.25) is 0 Å². The Hall–Kier alpha value is -1.63. The second-order valence-electron chi connectivity index (χ2n) is 17.7. The minimum absolute atomic E-state index is 0.0236. The van der Waals surface area contributed by atoms with E-state index in [9.17, 15) is 14.4 Å². The first-order chi connectivity index (χ1) is 25.3. The Bertz CT molecular complexity index is 814. The highest BCUT2D eigenvalue weighted by atomic mass is 16.5. The molecule has 2 unspecified atom stereocenters. The van der Waals surface area contributed by atoms with Crippen LogP contribution in [0, 0.1) is 35.5 Å². The van der Waals surface area contributed by atoms with Crippen molar-refractivity contribution in [2.45, 2.75) is 216 Å². The monoisotopic (exact) mass is 752 g/mol. The van der Waals surface area contributed by atoms with Crippen molar-refractivity contribution in [2.75, 3.05) is 26.8 Å². The molecule has 0 aliphatic rings. The summed E-state index contributed by atoms with van der Waals surface area (Å²) >= 11 is 0. The molecule has 0 fully saturated rings. The molecular formula is C46H89NO6. The smallest absolute Gasteiger partial charge is 0.306 e. The number of hydrogen-bond donors (Lipinski definition) is 1. The summed E-state index contributed by atoms with van der Waals surface area (Å²) in [4.78, 5) is 37.1. The largest absolute Gasteiger partial charge is 0.465 e. The lowest BCUT2D eigenvalue weighted by Gasteiger charge is -2.21. The average molecular weight is 752 g/mol. The van der Waals surface area contributed by atoms with E-state index in [1.807, 2.05) is 7.05 Å². The first-order valence-electron chi connectivity index (χ1n) is 22.5. The van der Waals surface area contributed by atoms with Gasteiger partial charge in [-0.2, -0.15) is 0 Å². The van der Waals surface area contributed by atoms with Crippen LogP contribution in [0.15, 0.2) is 0 Å². The second kappa shape index (κ2) is 34.8. The summed E-state index contributed by atoms with van der Waals surface area (Å²) in [7, 11) is 1.91. The van der Waals surface area contributed by atoms with Crippen LogP contribution in [0.4, 0.5) is 0 Å². The molecule has 0 aromatic carbocycles. The molecule has 7 heteroatoms. The molecule has 314 valence electrons. The zero-order valence-corrected chi connectivity index (χ0v) is 36.6. The lowest BCUT2D eigenvalue weighted by molar-refractivity contribution is -0.150. The third-order valence-electron chi connectivity index (χ3n) is 11.0. The minimum atomic E-state index is -0.0622. The lowest BCUT2D eigenvalue weighted by Crippen LogP contribution is -2.19. The maximum absolute atomic E-state index is 12.5. The van der Waals surface area contributed by atoms with E-state index in [4.69, 9.17) is 14.2 Å². The van der Waals surface area contributed by atoms with Gasteiger partial charge < -0.3 is 19.5 Å². The van der Waals surface area contributed by atoms with Crippen molar-refractivity contribution in [1.29, 1.82) is 0 Å². The second-order valence-corrected chi connectivity index (χ2v) is 17.7. The molecule has 0 aromatic heterocycles. The summed E-state index contributed by atoms with van der Waals surface area (Å²) in [6, 6.07) is 0. The number of esters is 3. The Morgan fingerprint density at radius 1 is 0.434 bits per heavy atom. The summed E-state index contributed by atoms with van der Waals surface area (Å²) in [5.74, 6) is 3.23. The molecule has 2 atom stereocenters. The summed E-state index contributed by atoms with van der Waals surface area (Å²) in [6.07, 6.45) is 24.4. The fourth-order valence-corrected chi connectivity index (χ4v) is 6.82. The molecule has 53 heavy (non-hydrogen) atoms. The lowest BCUT2D eigenvalue weighted by atomic mass is 9.89. The number of carbonyl (C=O) groups is 3. The highest BCUT2D eigenvalue weighted by molar-refractivity contribution is 5.70. The predicted molar refractivity (Wildman–Crippen MR) is 223 cm³/mol. The van der Waals surface area contributed by atoms with Crippen LogP contribution in [-0.2, 0) is 28.6 Å². The number of hydrogen-bond acceptors (Lipinski definition) is 7. The van der Waals surface area contributed by atoms with Crippen molar-refractivity contribution in [2.24, 2.45) is 35.5 Å². The molecule has 0 amide bonds. The molecule has 0 radical (unpaired) electrons. The molecule has 0 saturated heterocycles. The van der Waals surface area contributed by atoms with Crippen LogP contribution in [-0.4, -0.2) is 50.8 Å². The molecule has 0 aliphatic heterocycles. The summed E-state index contributed by atoms with van der Waals surface area (Å²) in [5, 5.41) is 3.11. The summed E-state index contributed by atoms with van der Waals surface area (Å²) in [6.45, 7) is 19.9. The molecule has 0 spiro atoms. The van der Waals surface area contributed by atoms with Crippen LogP contribution in [0.1, 0.15) is 209 Å². The maximum Gasteiger partial charge on any atom is 0.306 e. The quantitative estimate of drug-likeness (QED) is 0.0384. The molecular weight excluding hydrogens is 663 g/mol. The fourth-order valence-electron chi connectivity index (χ4n) is 6.82. The Kier molecular flexibility index (Phi) is 33.8. The van der Waals surface area contributed by atoms with Gasteiger partial charge in [-0.3, -0.25) is 14.4 Å². The summed E-state index contributed by atoms with van der Waals surface area (Å²) < 4.78 is 17.2. The van der Waals surface area contributed by atoms with Crippen LogP contribution in [0.5, 0.6) is 0 Å². The van der Waals surface area contributed by atoms with E-state index in [-0.39, 0.29) is 24.0 Å². The van der Waals surface area contributed by atoms with E-state index < -0.39 is 0 Å². The first kappa shape index (κ1) is 51.4. The van der Waals surface area contributed by atoms with Crippen LogP contribution >= 0.6 is 0 Å². The van der Waals surface area contributed by atoms with E-state index in [1.165, 1.54) is 38.5 Å². The normalized spacial score (nSPS) is 13.5. The Morgan fingerprint density at radius 3 is 1.15 bits per heavy atom. The Balaban J connectivity index is 4.17. The third-order valence-corrected chi connectivity index (χ3v) is 11.0. The van der Waals surface area contributed by atoms with E-state index >= 15 is 0 Å². The molecule has 0 aromatic rings. The molecule has 0 rings (SSSR count). The van der Waals surface area contributed by atoms with E-state index in [2.05, 4.69) is 60.7 Å². The van der Waals surface area contributed by atoms with Gasteiger partial charge in [0, 0.05) is 19.3 Å². The Labute approximate surface area is 329 Å². The third kappa shape index (κ3) is 33.4. The SMILES string of the molecule is CNCCCC(=O)OC(CCCCCCCCCC(=O)OCC(CCC(C)C)C(C)C)CCCCCCCCCC(=O)OCC(CCC(C)C)C(C)C. The highest BCUT2D eigenvalue weighted by Gasteiger charge is 2.18. The van der Waals surface area contributed by atoms with E-state index in [1.54, 1.807) is 0 Å². The predicted octanol–water partition coefficient (Wildman–Crippen LogP) is 12.4. The average Bonchev–Trinajstić information content (AvgIpc) is 3.09. The number of unbranched alkanes of at least 4 members (excludes halogenated alkanes) is 12. The van der Waals surface area contributed by atoms with Gasteiger partial charge in [-0.15, -0.1) is 0 Å². The fraction of sp³-hybridized carbons (Fsp3) is 0.935. The van der Waals surface area contributed by atoms with Crippen LogP contribution in [0.25, 0.3) is 0 Å². The summed E-state index contributed by atoms with van der Waals surface area (Å²) in [5.41, 5.74) is 0. The van der Waals surface area contributed by atoms with Gasteiger partial charge in [0.1, 0.15) is 6.10 Å². The molecule has 0 bridgehead atoms. The number of rotatable bonds is 37. The standard InChI is InChI=1S/C46H89NO6/c1-37(2)30-32-41(39(5)6)35-51-44(48)27-22-18-14-10-12-16-20-25-43(53-46(50)29-24-34-47-9)26-21-17-13-11-15-19-23-28-45(49)52-36-42(40(7)8)33-31-38(3)4/h37-43,47H,10-36H2,1-9H3. The Morgan fingerprint density at radius 2 is 0.792 bits per heavy atom. The van der Waals surface area contributed by atoms with Crippen LogP contribution in [0.3, 0.4) is 0 Å². The van der Waals surface area contributed by atoms with Crippen molar-refractivity contribution in [1.82, 2.24) is 5.32 Å².